The first-order chi connectivity index (χ1) is 9.97. The van der Waals surface area contributed by atoms with Crippen LogP contribution in [0.4, 0.5) is 5.69 Å². The van der Waals surface area contributed by atoms with Crippen LogP contribution in [0.25, 0.3) is 0 Å². The molecular formula is C14H18ClN3O3. The molecule has 0 saturated heterocycles. The van der Waals surface area contributed by atoms with Gasteiger partial charge in [0.25, 0.3) is 11.6 Å². The number of benzene rings is 1. The second-order valence-corrected chi connectivity index (χ2v) is 5.71. The Morgan fingerprint density at radius 1 is 1.52 bits per heavy atom. The number of hydrogen-bond acceptors (Lipinski definition) is 4. The number of amides is 1. The SMILES string of the molecule is CN(C(=O)c1c(Cl)cccc1[N+](=O)[O-])C1CCCC1CN. The van der Waals surface area contributed by atoms with Crippen LogP contribution in [0.3, 0.4) is 0 Å². The lowest BCUT2D eigenvalue weighted by atomic mass is 10.0. The maximum Gasteiger partial charge on any atom is 0.283 e. The Bertz CT molecular complexity index is 564. The molecule has 2 rings (SSSR count). The molecule has 1 aliphatic rings. The molecule has 1 fully saturated rings. The van der Waals surface area contributed by atoms with Gasteiger partial charge in [-0.25, -0.2) is 0 Å². The average molecular weight is 312 g/mol. The Balaban J connectivity index is 2.34. The minimum absolute atomic E-state index is 0.0124. The van der Waals surface area contributed by atoms with E-state index in [0.29, 0.717) is 6.54 Å². The summed E-state index contributed by atoms with van der Waals surface area (Å²) >= 11 is 6.01. The molecule has 7 heteroatoms. The second-order valence-electron chi connectivity index (χ2n) is 5.30. The minimum Gasteiger partial charge on any atom is -0.338 e. The maximum absolute atomic E-state index is 12.6. The molecular weight excluding hydrogens is 294 g/mol. The van der Waals surface area contributed by atoms with E-state index in [1.54, 1.807) is 11.9 Å². The molecule has 2 unspecified atom stereocenters. The summed E-state index contributed by atoms with van der Waals surface area (Å²) in [6.07, 6.45) is 2.85. The first-order valence-electron chi connectivity index (χ1n) is 6.87. The number of carbonyl (C=O) groups is 1. The summed E-state index contributed by atoms with van der Waals surface area (Å²) in [7, 11) is 1.66. The molecule has 0 bridgehead atoms. The van der Waals surface area contributed by atoms with Gasteiger partial charge in [0.1, 0.15) is 5.56 Å². The fourth-order valence-electron chi connectivity index (χ4n) is 3.01. The summed E-state index contributed by atoms with van der Waals surface area (Å²) in [6, 6.07) is 4.26. The van der Waals surface area contributed by atoms with Crippen molar-refractivity contribution in [3.63, 3.8) is 0 Å². The smallest absolute Gasteiger partial charge is 0.283 e. The summed E-state index contributed by atoms with van der Waals surface area (Å²) in [5.41, 5.74) is 5.43. The zero-order chi connectivity index (χ0) is 15.6. The van der Waals surface area contributed by atoms with Gasteiger partial charge in [-0.1, -0.05) is 24.1 Å². The lowest BCUT2D eigenvalue weighted by molar-refractivity contribution is -0.385. The number of rotatable bonds is 4. The zero-order valence-electron chi connectivity index (χ0n) is 11.8. The van der Waals surface area contributed by atoms with Crippen LogP contribution in [0.2, 0.25) is 5.02 Å². The Kier molecular flexibility index (Phi) is 4.80. The third-order valence-corrected chi connectivity index (χ3v) is 4.46. The molecule has 0 radical (unpaired) electrons. The van der Waals surface area contributed by atoms with Gasteiger partial charge in [0.15, 0.2) is 0 Å². The van der Waals surface area contributed by atoms with Crippen LogP contribution in [-0.2, 0) is 0 Å². The monoisotopic (exact) mass is 311 g/mol. The number of nitro groups is 1. The number of nitro benzene ring substituents is 1. The van der Waals surface area contributed by atoms with Crippen molar-refractivity contribution in [2.75, 3.05) is 13.6 Å². The van der Waals surface area contributed by atoms with Gasteiger partial charge in [0.05, 0.1) is 9.95 Å². The van der Waals surface area contributed by atoms with E-state index in [-0.39, 0.29) is 28.2 Å². The largest absolute Gasteiger partial charge is 0.338 e. The van der Waals surface area contributed by atoms with E-state index in [0.717, 1.165) is 19.3 Å². The lowest BCUT2D eigenvalue weighted by Gasteiger charge is -2.29. The van der Waals surface area contributed by atoms with Crippen LogP contribution >= 0.6 is 11.6 Å². The Morgan fingerprint density at radius 2 is 2.24 bits per heavy atom. The highest BCUT2D eigenvalue weighted by atomic mass is 35.5. The molecule has 6 nitrogen and oxygen atoms in total. The molecule has 114 valence electrons. The van der Waals surface area contributed by atoms with Crippen LogP contribution in [0.1, 0.15) is 29.6 Å². The standard InChI is InChI=1S/C14H18ClN3O3/c1-17(11-6-2-4-9(11)8-16)14(19)13-10(15)5-3-7-12(13)18(20)21/h3,5,7,9,11H,2,4,6,8,16H2,1H3. The molecule has 2 atom stereocenters. The van der Waals surface area contributed by atoms with Gasteiger partial charge in [-0.15, -0.1) is 0 Å². The van der Waals surface area contributed by atoms with Gasteiger partial charge in [-0.05, 0) is 31.4 Å². The molecule has 1 aliphatic carbocycles. The minimum atomic E-state index is -0.581. The van der Waals surface area contributed by atoms with Crippen LogP contribution < -0.4 is 5.73 Å². The second kappa shape index (κ2) is 6.41. The van der Waals surface area contributed by atoms with E-state index < -0.39 is 10.8 Å². The first kappa shape index (κ1) is 15.7. The van der Waals surface area contributed by atoms with Gasteiger partial charge in [0, 0.05) is 19.2 Å². The van der Waals surface area contributed by atoms with Crippen molar-refractivity contribution in [1.82, 2.24) is 4.90 Å². The molecule has 1 aromatic rings. The number of carbonyl (C=O) groups excluding carboxylic acids is 1. The Morgan fingerprint density at radius 3 is 2.86 bits per heavy atom. The number of halogens is 1. The third-order valence-electron chi connectivity index (χ3n) is 4.14. The highest BCUT2D eigenvalue weighted by molar-refractivity contribution is 6.34. The van der Waals surface area contributed by atoms with Crippen molar-refractivity contribution in [1.29, 1.82) is 0 Å². The number of hydrogen-bond donors (Lipinski definition) is 1. The van der Waals surface area contributed by atoms with E-state index in [4.69, 9.17) is 17.3 Å². The Hall–Kier alpha value is -1.66. The van der Waals surface area contributed by atoms with E-state index in [2.05, 4.69) is 0 Å². The molecule has 0 aliphatic heterocycles. The zero-order valence-corrected chi connectivity index (χ0v) is 12.5. The number of nitrogens with zero attached hydrogens (tertiary/aromatic N) is 2. The summed E-state index contributed by atoms with van der Waals surface area (Å²) in [6.45, 7) is 0.507. The maximum atomic E-state index is 12.6. The Labute approximate surface area is 128 Å². The highest BCUT2D eigenvalue weighted by Crippen LogP contribution is 2.32. The summed E-state index contributed by atoms with van der Waals surface area (Å²) < 4.78 is 0. The van der Waals surface area contributed by atoms with Gasteiger partial charge < -0.3 is 10.6 Å². The normalized spacial score (nSPS) is 21.3. The van der Waals surface area contributed by atoms with E-state index in [1.807, 2.05) is 0 Å². The summed E-state index contributed by atoms with van der Waals surface area (Å²) in [5, 5.41) is 11.2. The molecule has 0 aromatic heterocycles. The average Bonchev–Trinajstić information content (AvgIpc) is 2.93. The molecule has 21 heavy (non-hydrogen) atoms. The molecule has 1 saturated carbocycles. The molecule has 0 heterocycles. The molecule has 1 aromatic carbocycles. The fraction of sp³-hybridized carbons (Fsp3) is 0.500. The van der Waals surface area contributed by atoms with Crippen molar-refractivity contribution in [2.24, 2.45) is 11.7 Å². The van der Waals surface area contributed by atoms with Gasteiger partial charge >= 0.3 is 0 Å². The van der Waals surface area contributed by atoms with Crippen LogP contribution in [0.5, 0.6) is 0 Å². The van der Waals surface area contributed by atoms with E-state index in [1.165, 1.54) is 18.2 Å². The van der Waals surface area contributed by atoms with Crippen LogP contribution in [-0.4, -0.2) is 35.4 Å². The van der Waals surface area contributed by atoms with Crippen molar-refractivity contribution in [2.45, 2.75) is 25.3 Å². The summed E-state index contributed by atoms with van der Waals surface area (Å²) in [5.74, 6) is -0.182. The van der Waals surface area contributed by atoms with Crippen LogP contribution in [0.15, 0.2) is 18.2 Å². The fourth-order valence-corrected chi connectivity index (χ4v) is 3.26. The lowest BCUT2D eigenvalue weighted by Crippen LogP contribution is -2.41. The summed E-state index contributed by atoms with van der Waals surface area (Å²) in [4.78, 5) is 24.7. The third kappa shape index (κ3) is 3.01. The van der Waals surface area contributed by atoms with Crippen molar-refractivity contribution >= 4 is 23.2 Å². The van der Waals surface area contributed by atoms with Crippen molar-refractivity contribution < 1.29 is 9.72 Å². The predicted molar refractivity (Wildman–Crippen MR) is 80.4 cm³/mol. The van der Waals surface area contributed by atoms with E-state index in [9.17, 15) is 14.9 Å². The quantitative estimate of drug-likeness (QED) is 0.683. The van der Waals surface area contributed by atoms with Gasteiger partial charge in [-0.3, -0.25) is 14.9 Å². The van der Waals surface area contributed by atoms with E-state index >= 15 is 0 Å². The topological polar surface area (TPSA) is 89.5 Å². The molecule has 1 amide bonds. The molecule has 0 spiro atoms. The van der Waals surface area contributed by atoms with Gasteiger partial charge in [-0.2, -0.15) is 0 Å². The number of nitrogens with two attached hydrogens (primary N) is 1. The highest BCUT2D eigenvalue weighted by Gasteiger charge is 2.35. The van der Waals surface area contributed by atoms with Crippen molar-refractivity contribution in [3.8, 4) is 0 Å². The van der Waals surface area contributed by atoms with Gasteiger partial charge in [0.2, 0.25) is 0 Å². The molecule has 2 N–H and O–H groups in total. The van der Waals surface area contributed by atoms with Crippen molar-refractivity contribution in [3.05, 3.63) is 38.9 Å². The van der Waals surface area contributed by atoms with Crippen LogP contribution in [0, 0.1) is 16.0 Å². The predicted octanol–water partition coefficient (Wildman–Crippen LogP) is 2.45. The first-order valence-corrected chi connectivity index (χ1v) is 7.25.